The van der Waals surface area contributed by atoms with Crippen LogP contribution in [0, 0.1) is 6.92 Å². The summed E-state index contributed by atoms with van der Waals surface area (Å²) in [6, 6.07) is 7.89. The Balaban J connectivity index is 2.09. The van der Waals surface area contributed by atoms with E-state index in [1.807, 2.05) is 35.9 Å². The maximum absolute atomic E-state index is 6.19. The van der Waals surface area contributed by atoms with Gasteiger partial charge in [-0.3, -0.25) is 4.68 Å². The van der Waals surface area contributed by atoms with Gasteiger partial charge in [0.1, 0.15) is 0 Å². The second kappa shape index (κ2) is 5.98. The molecular formula is C16H22ClN3. The van der Waals surface area contributed by atoms with Crippen LogP contribution in [0.5, 0.6) is 0 Å². The highest BCUT2D eigenvalue weighted by Gasteiger charge is 2.12. The number of aromatic nitrogens is 2. The fourth-order valence-electron chi connectivity index (χ4n) is 1.98. The summed E-state index contributed by atoms with van der Waals surface area (Å²) in [7, 11) is 0. The van der Waals surface area contributed by atoms with Gasteiger partial charge in [0.2, 0.25) is 0 Å². The molecule has 0 atom stereocenters. The topological polar surface area (TPSA) is 29.9 Å². The third-order valence-electron chi connectivity index (χ3n) is 3.15. The molecule has 1 heterocycles. The summed E-state index contributed by atoms with van der Waals surface area (Å²) in [5.74, 6) is 0. The zero-order chi connectivity index (χ0) is 14.8. The minimum Gasteiger partial charge on any atom is -0.308 e. The van der Waals surface area contributed by atoms with Crippen LogP contribution in [0.2, 0.25) is 5.02 Å². The molecule has 0 aliphatic rings. The molecule has 0 spiro atoms. The average molecular weight is 292 g/mol. The largest absolute Gasteiger partial charge is 0.308 e. The lowest BCUT2D eigenvalue weighted by Crippen LogP contribution is -2.35. The first-order valence-corrected chi connectivity index (χ1v) is 7.24. The molecule has 0 saturated heterocycles. The van der Waals surface area contributed by atoms with E-state index in [9.17, 15) is 0 Å². The lowest BCUT2D eigenvalue weighted by atomic mass is 10.1. The van der Waals surface area contributed by atoms with Crippen molar-refractivity contribution in [1.29, 1.82) is 0 Å². The van der Waals surface area contributed by atoms with Crippen molar-refractivity contribution in [3.63, 3.8) is 0 Å². The summed E-state index contributed by atoms with van der Waals surface area (Å²) in [4.78, 5) is 0. The Kier molecular flexibility index (Phi) is 4.51. The van der Waals surface area contributed by atoms with Crippen molar-refractivity contribution >= 4 is 11.6 Å². The SMILES string of the molecule is Cc1nn(Cc2ccccc2Cl)cc1CNC(C)(C)C. The minimum atomic E-state index is 0.108. The molecule has 0 amide bonds. The zero-order valence-electron chi connectivity index (χ0n) is 12.6. The molecule has 0 bridgehead atoms. The molecule has 0 unspecified atom stereocenters. The van der Waals surface area contributed by atoms with Crippen LogP contribution in [-0.2, 0) is 13.1 Å². The third kappa shape index (κ3) is 4.09. The first-order chi connectivity index (χ1) is 9.35. The van der Waals surface area contributed by atoms with Gasteiger partial charge in [0.05, 0.1) is 12.2 Å². The summed E-state index contributed by atoms with van der Waals surface area (Å²) in [6.07, 6.45) is 2.09. The summed E-state index contributed by atoms with van der Waals surface area (Å²) < 4.78 is 1.95. The van der Waals surface area contributed by atoms with Crippen molar-refractivity contribution in [2.24, 2.45) is 0 Å². The van der Waals surface area contributed by atoms with E-state index in [1.165, 1.54) is 5.56 Å². The normalized spacial score (nSPS) is 11.8. The van der Waals surface area contributed by atoms with Gasteiger partial charge in [0, 0.05) is 28.9 Å². The van der Waals surface area contributed by atoms with E-state index in [1.54, 1.807) is 0 Å². The number of nitrogens with one attached hydrogen (secondary N) is 1. The maximum Gasteiger partial charge on any atom is 0.0674 e. The highest BCUT2D eigenvalue weighted by molar-refractivity contribution is 6.31. The van der Waals surface area contributed by atoms with Gasteiger partial charge in [-0.2, -0.15) is 5.10 Å². The molecule has 1 aromatic heterocycles. The van der Waals surface area contributed by atoms with Crippen LogP contribution in [0.3, 0.4) is 0 Å². The van der Waals surface area contributed by atoms with Crippen molar-refractivity contribution in [3.8, 4) is 0 Å². The first kappa shape index (κ1) is 15.1. The molecule has 0 radical (unpaired) electrons. The minimum absolute atomic E-state index is 0.108. The molecular weight excluding hydrogens is 270 g/mol. The third-order valence-corrected chi connectivity index (χ3v) is 3.52. The zero-order valence-corrected chi connectivity index (χ0v) is 13.3. The van der Waals surface area contributed by atoms with Crippen LogP contribution >= 0.6 is 11.6 Å². The Morgan fingerprint density at radius 2 is 1.90 bits per heavy atom. The van der Waals surface area contributed by atoms with Crippen molar-refractivity contribution in [2.45, 2.75) is 46.3 Å². The van der Waals surface area contributed by atoms with Crippen molar-refractivity contribution < 1.29 is 0 Å². The van der Waals surface area contributed by atoms with Crippen molar-refractivity contribution in [1.82, 2.24) is 15.1 Å². The Hall–Kier alpha value is -1.32. The lowest BCUT2D eigenvalue weighted by molar-refractivity contribution is 0.423. The number of hydrogen-bond donors (Lipinski definition) is 1. The molecule has 0 fully saturated rings. The molecule has 20 heavy (non-hydrogen) atoms. The standard InChI is InChI=1S/C16H22ClN3/c1-12-14(9-18-16(2,3)4)11-20(19-12)10-13-7-5-6-8-15(13)17/h5-8,11,18H,9-10H2,1-4H3. The van der Waals surface area contributed by atoms with Crippen LogP contribution in [-0.4, -0.2) is 15.3 Å². The van der Waals surface area contributed by atoms with Gasteiger partial charge in [-0.1, -0.05) is 29.8 Å². The van der Waals surface area contributed by atoms with E-state index < -0.39 is 0 Å². The van der Waals surface area contributed by atoms with E-state index in [-0.39, 0.29) is 5.54 Å². The fraction of sp³-hybridized carbons (Fsp3) is 0.438. The van der Waals surface area contributed by atoms with E-state index >= 15 is 0 Å². The Morgan fingerprint density at radius 3 is 2.55 bits per heavy atom. The smallest absolute Gasteiger partial charge is 0.0674 e. The van der Waals surface area contributed by atoms with Gasteiger partial charge in [-0.05, 0) is 39.3 Å². The number of benzene rings is 1. The Morgan fingerprint density at radius 1 is 1.20 bits per heavy atom. The van der Waals surface area contributed by atoms with Crippen LogP contribution in [0.25, 0.3) is 0 Å². The Bertz CT molecular complexity index is 582. The number of hydrogen-bond acceptors (Lipinski definition) is 2. The summed E-state index contributed by atoms with van der Waals surface area (Å²) in [6.45, 7) is 10.1. The molecule has 0 aliphatic carbocycles. The van der Waals surface area contributed by atoms with Gasteiger partial charge in [-0.25, -0.2) is 0 Å². The molecule has 0 saturated carbocycles. The number of nitrogens with zero attached hydrogens (tertiary/aromatic N) is 2. The molecule has 0 aliphatic heterocycles. The summed E-state index contributed by atoms with van der Waals surface area (Å²) in [5, 5.41) is 8.84. The summed E-state index contributed by atoms with van der Waals surface area (Å²) >= 11 is 6.19. The number of rotatable bonds is 4. The molecule has 1 aromatic carbocycles. The molecule has 3 nitrogen and oxygen atoms in total. The van der Waals surface area contributed by atoms with E-state index in [0.29, 0.717) is 6.54 Å². The highest BCUT2D eigenvalue weighted by Crippen LogP contribution is 2.17. The molecule has 2 rings (SSSR count). The van der Waals surface area contributed by atoms with Crippen LogP contribution < -0.4 is 5.32 Å². The second-order valence-corrected chi connectivity index (χ2v) is 6.54. The lowest BCUT2D eigenvalue weighted by Gasteiger charge is -2.20. The van der Waals surface area contributed by atoms with Crippen LogP contribution in [0.4, 0.5) is 0 Å². The van der Waals surface area contributed by atoms with Crippen LogP contribution in [0.1, 0.15) is 37.6 Å². The van der Waals surface area contributed by atoms with E-state index in [0.717, 1.165) is 22.8 Å². The molecule has 2 aromatic rings. The Labute approximate surface area is 126 Å². The molecule has 108 valence electrons. The predicted octanol–water partition coefficient (Wildman–Crippen LogP) is 3.78. The quantitative estimate of drug-likeness (QED) is 0.929. The van der Waals surface area contributed by atoms with Crippen molar-refractivity contribution in [3.05, 3.63) is 52.3 Å². The first-order valence-electron chi connectivity index (χ1n) is 6.86. The monoisotopic (exact) mass is 291 g/mol. The van der Waals surface area contributed by atoms with Crippen molar-refractivity contribution in [2.75, 3.05) is 0 Å². The van der Waals surface area contributed by atoms with Gasteiger partial charge in [0.15, 0.2) is 0 Å². The second-order valence-electron chi connectivity index (χ2n) is 6.13. The number of aryl methyl sites for hydroxylation is 1. The van der Waals surface area contributed by atoms with Crippen LogP contribution in [0.15, 0.2) is 30.5 Å². The summed E-state index contributed by atoms with van der Waals surface area (Å²) in [5.41, 5.74) is 3.49. The number of halogens is 1. The van der Waals surface area contributed by atoms with E-state index in [2.05, 4.69) is 37.4 Å². The maximum atomic E-state index is 6.19. The highest BCUT2D eigenvalue weighted by atomic mass is 35.5. The van der Waals surface area contributed by atoms with Gasteiger partial charge < -0.3 is 5.32 Å². The average Bonchev–Trinajstić information content (AvgIpc) is 2.69. The van der Waals surface area contributed by atoms with Gasteiger partial charge >= 0.3 is 0 Å². The predicted molar refractivity (Wildman–Crippen MR) is 84.1 cm³/mol. The van der Waals surface area contributed by atoms with Gasteiger partial charge in [-0.15, -0.1) is 0 Å². The van der Waals surface area contributed by atoms with E-state index in [4.69, 9.17) is 11.6 Å². The molecule has 1 N–H and O–H groups in total. The molecule has 4 heteroatoms. The van der Waals surface area contributed by atoms with Gasteiger partial charge in [0.25, 0.3) is 0 Å². The fourth-order valence-corrected chi connectivity index (χ4v) is 2.17.